The summed E-state index contributed by atoms with van der Waals surface area (Å²) in [6.45, 7) is 9.77. The van der Waals surface area contributed by atoms with Crippen LogP contribution in [0.4, 0.5) is 0 Å². The monoisotopic (exact) mass is 261 g/mol. The van der Waals surface area contributed by atoms with Gasteiger partial charge in [-0.15, -0.1) is 0 Å². The Bertz CT molecular complexity index is 372. The van der Waals surface area contributed by atoms with Gasteiger partial charge in [0.25, 0.3) is 0 Å². The summed E-state index contributed by atoms with van der Waals surface area (Å²) < 4.78 is 0. The lowest BCUT2D eigenvalue weighted by Gasteiger charge is -2.38. The summed E-state index contributed by atoms with van der Waals surface area (Å²) in [4.78, 5) is 2.64. The van der Waals surface area contributed by atoms with Gasteiger partial charge in [0, 0.05) is 13.1 Å². The van der Waals surface area contributed by atoms with Crippen LogP contribution in [0.1, 0.15) is 52.9 Å². The van der Waals surface area contributed by atoms with Crippen molar-refractivity contribution in [1.29, 1.82) is 0 Å². The summed E-state index contributed by atoms with van der Waals surface area (Å²) in [5.41, 5.74) is 2.47. The van der Waals surface area contributed by atoms with Crippen LogP contribution in [0.25, 0.3) is 0 Å². The number of fused-ring (bicyclic) bond motifs is 1. The van der Waals surface area contributed by atoms with E-state index < -0.39 is 0 Å². The van der Waals surface area contributed by atoms with Gasteiger partial charge in [0.1, 0.15) is 0 Å². The number of allylic oxidation sites excluding steroid dienone is 2. The van der Waals surface area contributed by atoms with Crippen molar-refractivity contribution in [1.82, 2.24) is 4.90 Å². The van der Waals surface area contributed by atoms with Crippen molar-refractivity contribution in [2.75, 3.05) is 20.1 Å². The second-order valence-corrected chi connectivity index (χ2v) is 8.11. The fourth-order valence-corrected chi connectivity index (χ4v) is 5.31. The maximum atomic E-state index is 2.64. The molecule has 0 aromatic rings. The lowest BCUT2D eigenvalue weighted by atomic mass is 9.69. The number of hydrogen-bond acceptors (Lipinski definition) is 1. The Hall–Kier alpha value is -0.300. The molecule has 0 heterocycles. The molecule has 108 valence electrons. The molecule has 0 amide bonds. The zero-order chi connectivity index (χ0) is 13.6. The first-order valence-electron chi connectivity index (χ1n) is 8.40. The first-order valence-corrected chi connectivity index (χ1v) is 8.40. The highest BCUT2D eigenvalue weighted by molar-refractivity contribution is 5.27. The van der Waals surface area contributed by atoms with Crippen LogP contribution in [-0.4, -0.2) is 25.0 Å². The van der Waals surface area contributed by atoms with Gasteiger partial charge in [-0.05, 0) is 61.8 Å². The molecule has 1 nitrogen and oxygen atoms in total. The van der Waals surface area contributed by atoms with Gasteiger partial charge in [-0.3, -0.25) is 0 Å². The molecular formula is C18H31N. The summed E-state index contributed by atoms with van der Waals surface area (Å²) in [7, 11) is 2.35. The van der Waals surface area contributed by atoms with Crippen LogP contribution >= 0.6 is 0 Å². The fraction of sp³-hybridized carbons (Fsp3) is 0.889. The van der Waals surface area contributed by atoms with Crippen molar-refractivity contribution in [2.45, 2.75) is 52.9 Å². The van der Waals surface area contributed by atoms with E-state index in [0.717, 1.165) is 23.7 Å². The predicted octanol–water partition coefficient (Wildman–Crippen LogP) is 4.35. The van der Waals surface area contributed by atoms with Gasteiger partial charge in [-0.25, -0.2) is 0 Å². The Morgan fingerprint density at radius 2 is 2.16 bits per heavy atom. The topological polar surface area (TPSA) is 3.24 Å². The second kappa shape index (κ2) is 4.91. The molecule has 3 aliphatic carbocycles. The molecule has 0 radical (unpaired) electrons. The molecule has 0 aromatic carbocycles. The van der Waals surface area contributed by atoms with Gasteiger partial charge in [0.2, 0.25) is 0 Å². The average Bonchev–Trinajstić information content (AvgIpc) is 2.52. The minimum absolute atomic E-state index is 0.645. The van der Waals surface area contributed by atoms with Gasteiger partial charge in [-0.1, -0.05) is 38.8 Å². The molecular weight excluding hydrogens is 230 g/mol. The minimum Gasteiger partial charge on any atom is -0.306 e. The van der Waals surface area contributed by atoms with E-state index in [1.807, 2.05) is 5.57 Å². The summed E-state index contributed by atoms with van der Waals surface area (Å²) in [5.74, 6) is 3.70. The summed E-state index contributed by atoms with van der Waals surface area (Å²) >= 11 is 0. The van der Waals surface area contributed by atoms with Crippen molar-refractivity contribution in [2.24, 2.45) is 29.1 Å². The highest BCUT2D eigenvalue weighted by atomic mass is 15.1. The molecule has 0 spiro atoms. The number of rotatable bonds is 5. The van der Waals surface area contributed by atoms with E-state index in [2.05, 4.69) is 38.8 Å². The third kappa shape index (κ3) is 2.51. The lowest BCUT2D eigenvalue weighted by Crippen LogP contribution is -2.37. The first-order chi connectivity index (χ1) is 9.01. The van der Waals surface area contributed by atoms with Crippen molar-refractivity contribution in [3.8, 4) is 0 Å². The van der Waals surface area contributed by atoms with Crippen LogP contribution < -0.4 is 0 Å². The molecule has 0 aliphatic heterocycles. The standard InChI is InChI=1S/C18H31N/c1-5-13(2)11-19(4)12-18-8-14(3)6-15-7-16(9-18)17(15)10-18/h6,13-14,16-17H,5,7-12H2,1-4H3. The van der Waals surface area contributed by atoms with E-state index >= 15 is 0 Å². The molecule has 3 rings (SSSR count). The van der Waals surface area contributed by atoms with E-state index in [4.69, 9.17) is 0 Å². The Balaban J connectivity index is 1.67. The quantitative estimate of drug-likeness (QED) is 0.665. The molecule has 2 bridgehead atoms. The normalized spacial score (nSPS) is 41.7. The third-order valence-electron chi connectivity index (χ3n) is 6.07. The Morgan fingerprint density at radius 1 is 1.37 bits per heavy atom. The summed E-state index contributed by atoms with van der Waals surface area (Å²) in [5, 5.41) is 0. The summed E-state index contributed by atoms with van der Waals surface area (Å²) in [6, 6.07) is 0. The van der Waals surface area contributed by atoms with Gasteiger partial charge >= 0.3 is 0 Å². The fourth-order valence-electron chi connectivity index (χ4n) is 5.31. The highest BCUT2D eigenvalue weighted by Crippen LogP contribution is 2.62. The van der Waals surface area contributed by atoms with Crippen LogP contribution in [0, 0.1) is 29.1 Å². The van der Waals surface area contributed by atoms with E-state index in [1.165, 1.54) is 45.2 Å². The highest BCUT2D eigenvalue weighted by Gasteiger charge is 2.53. The third-order valence-corrected chi connectivity index (χ3v) is 6.07. The minimum atomic E-state index is 0.645. The molecule has 19 heavy (non-hydrogen) atoms. The second-order valence-electron chi connectivity index (χ2n) is 8.11. The van der Waals surface area contributed by atoms with Crippen LogP contribution in [0.2, 0.25) is 0 Å². The Kier molecular flexibility index (Phi) is 3.53. The maximum Gasteiger partial charge on any atom is 0.00356 e. The first kappa shape index (κ1) is 13.7. The molecule has 5 unspecified atom stereocenters. The maximum absolute atomic E-state index is 2.64. The van der Waals surface area contributed by atoms with Crippen molar-refractivity contribution >= 4 is 0 Å². The van der Waals surface area contributed by atoms with Crippen molar-refractivity contribution < 1.29 is 0 Å². The van der Waals surface area contributed by atoms with Crippen molar-refractivity contribution in [3.63, 3.8) is 0 Å². The molecule has 0 saturated heterocycles. The zero-order valence-electron chi connectivity index (χ0n) is 13.3. The van der Waals surface area contributed by atoms with Crippen LogP contribution in [0.15, 0.2) is 11.6 Å². The van der Waals surface area contributed by atoms with Crippen LogP contribution in [-0.2, 0) is 0 Å². The average molecular weight is 261 g/mol. The SMILES string of the molecule is CCC(C)CN(C)CC12CC(C)C=C3CC(C1)C3C2. The molecule has 2 saturated carbocycles. The molecule has 0 N–H and O–H groups in total. The van der Waals surface area contributed by atoms with Crippen LogP contribution in [0.3, 0.4) is 0 Å². The molecule has 2 fully saturated rings. The molecule has 0 aromatic heterocycles. The summed E-state index contributed by atoms with van der Waals surface area (Å²) in [6.07, 6.45) is 9.82. The largest absolute Gasteiger partial charge is 0.306 e. The predicted molar refractivity (Wildman–Crippen MR) is 82.1 cm³/mol. The van der Waals surface area contributed by atoms with Crippen molar-refractivity contribution in [3.05, 3.63) is 11.6 Å². The lowest BCUT2D eigenvalue weighted by molar-refractivity contribution is 0.136. The molecule has 5 atom stereocenters. The smallest absolute Gasteiger partial charge is 0.00356 e. The van der Waals surface area contributed by atoms with E-state index in [1.54, 1.807) is 0 Å². The van der Waals surface area contributed by atoms with Crippen LogP contribution in [0.5, 0.6) is 0 Å². The van der Waals surface area contributed by atoms with Gasteiger partial charge in [0.05, 0.1) is 0 Å². The Labute approximate surface area is 119 Å². The van der Waals surface area contributed by atoms with Gasteiger partial charge in [0.15, 0.2) is 0 Å². The van der Waals surface area contributed by atoms with E-state index in [-0.39, 0.29) is 0 Å². The van der Waals surface area contributed by atoms with Gasteiger partial charge < -0.3 is 4.90 Å². The van der Waals surface area contributed by atoms with E-state index in [0.29, 0.717) is 5.41 Å². The Morgan fingerprint density at radius 3 is 2.89 bits per heavy atom. The number of hydrogen-bond donors (Lipinski definition) is 0. The van der Waals surface area contributed by atoms with Gasteiger partial charge in [-0.2, -0.15) is 0 Å². The molecule has 3 aliphatic rings. The zero-order valence-corrected chi connectivity index (χ0v) is 13.3. The molecule has 1 heteroatoms. The number of nitrogens with zero attached hydrogens (tertiary/aromatic N) is 1. The van der Waals surface area contributed by atoms with E-state index in [9.17, 15) is 0 Å².